The number of aromatic nitrogens is 2. The van der Waals surface area contributed by atoms with E-state index in [1.807, 2.05) is 37.4 Å². The summed E-state index contributed by atoms with van der Waals surface area (Å²) in [5.41, 5.74) is 1.18. The van der Waals surface area contributed by atoms with Crippen molar-refractivity contribution in [2.24, 2.45) is 0 Å². The van der Waals surface area contributed by atoms with Crippen LogP contribution in [0, 0.1) is 6.92 Å². The van der Waals surface area contributed by atoms with Crippen LogP contribution in [-0.2, 0) is 0 Å². The number of ether oxygens (including phenoxy) is 1. The average molecular weight is 311 g/mol. The van der Waals surface area contributed by atoms with Crippen molar-refractivity contribution in [2.45, 2.75) is 11.9 Å². The van der Waals surface area contributed by atoms with Gasteiger partial charge in [0, 0.05) is 6.07 Å². The fraction of sp³-hybridized carbons (Fsp3) is 0.167. The molecule has 88 valence electrons. The highest BCUT2D eigenvalue weighted by Gasteiger charge is 2.04. The summed E-state index contributed by atoms with van der Waals surface area (Å²) in [4.78, 5) is 8.17. The van der Waals surface area contributed by atoms with Crippen molar-refractivity contribution in [2.75, 3.05) is 6.26 Å². The third kappa shape index (κ3) is 3.20. The second-order valence-corrected chi connectivity index (χ2v) is 5.12. The third-order valence-electron chi connectivity index (χ3n) is 2.13. The van der Waals surface area contributed by atoms with Crippen molar-refractivity contribution in [3.8, 4) is 11.6 Å². The zero-order valence-corrected chi connectivity index (χ0v) is 11.9. The first-order valence-corrected chi connectivity index (χ1v) is 7.01. The van der Waals surface area contributed by atoms with E-state index >= 15 is 0 Å². The second-order valence-electron chi connectivity index (χ2n) is 3.43. The van der Waals surface area contributed by atoms with Crippen molar-refractivity contribution < 1.29 is 4.74 Å². The summed E-state index contributed by atoms with van der Waals surface area (Å²) in [6.45, 7) is 2.03. The van der Waals surface area contributed by atoms with Gasteiger partial charge < -0.3 is 4.74 Å². The van der Waals surface area contributed by atoms with E-state index in [9.17, 15) is 0 Å². The molecule has 3 nitrogen and oxygen atoms in total. The van der Waals surface area contributed by atoms with Crippen LogP contribution in [0.1, 0.15) is 5.56 Å². The minimum Gasteiger partial charge on any atom is -0.438 e. The Hall–Kier alpha value is -1.07. The monoisotopic (exact) mass is 310 g/mol. The Labute approximate surface area is 113 Å². The number of aryl methyl sites for hydroxylation is 1. The molecule has 0 saturated carbocycles. The van der Waals surface area contributed by atoms with E-state index in [0.29, 0.717) is 5.88 Å². The average Bonchev–Trinajstić information content (AvgIpc) is 2.33. The van der Waals surface area contributed by atoms with Crippen LogP contribution in [0.4, 0.5) is 0 Å². The van der Waals surface area contributed by atoms with Crippen LogP contribution in [0.3, 0.4) is 0 Å². The summed E-state index contributed by atoms with van der Waals surface area (Å²) in [7, 11) is 0. The van der Waals surface area contributed by atoms with Crippen LogP contribution in [0.5, 0.6) is 11.6 Å². The first-order valence-electron chi connectivity index (χ1n) is 4.99. The molecule has 1 heterocycles. The van der Waals surface area contributed by atoms with E-state index in [1.165, 1.54) is 11.9 Å². The molecule has 1 aromatic carbocycles. The van der Waals surface area contributed by atoms with Gasteiger partial charge in [-0.15, -0.1) is 11.8 Å². The SMILES string of the molecule is CSc1cc(Oc2ccc(C)cc2Br)ncn1. The molecule has 0 N–H and O–H groups in total. The third-order valence-corrected chi connectivity index (χ3v) is 3.39. The van der Waals surface area contributed by atoms with Gasteiger partial charge in [0.05, 0.1) is 4.47 Å². The van der Waals surface area contributed by atoms with E-state index in [1.54, 1.807) is 11.8 Å². The number of nitrogens with zero attached hydrogens (tertiary/aromatic N) is 2. The van der Waals surface area contributed by atoms with E-state index in [4.69, 9.17) is 4.74 Å². The van der Waals surface area contributed by atoms with E-state index in [-0.39, 0.29) is 0 Å². The first kappa shape index (κ1) is 12.4. The van der Waals surface area contributed by atoms with Crippen LogP contribution in [-0.4, -0.2) is 16.2 Å². The number of halogens is 1. The van der Waals surface area contributed by atoms with Crippen LogP contribution >= 0.6 is 27.7 Å². The normalized spacial score (nSPS) is 10.3. The van der Waals surface area contributed by atoms with Crippen molar-refractivity contribution in [3.63, 3.8) is 0 Å². The maximum atomic E-state index is 5.70. The minimum absolute atomic E-state index is 0.550. The molecule has 17 heavy (non-hydrogen) atoms. The molecule has 0 aliphatic heterocycles. The summed E-state index contributed by atoms with van der Waals surface area (Å²) >= 11 is 5.02. The van der Waals surface area contributed by atoms with Gasteiger partial charge in [0.2, 0.25) is 5.88 Å². The highest BCUT2D eigenvalue weighted by atomic mass is 79.9. The Kier molecular flexibility index (Phi) is 4.02. The van der Waals surface area contributed by atoms with Crippen LogP contribution in [0.25, 0.3) is 0 Å². The molecule has 0 amide bonds. The van der Waals surface area contributed by atoms with E-state index in [2.05, 4.69) is 25.9 Å². The molecule has 5 heteroatoms. The largest absolute Gasteiger partial charge is 0.438 e. The summed E-state index contributed by atoms with van der Waals surface area (Å²) in [6.07, 6.45) is 3.47. The van der Waals surface area contributed by atoms with Crippen LogP contribution < -0.4 is 4.74 Å². The van der Waals surface area contributed by atoms with Crippen LogP contribution in [0.15, 0.2) is 40.1 Å². The lowest BCUT2D eigenvalue weighted by molar-refractivity contribution is 0.456. The Morgan fingerprint density at radius 3 is 2.76 bits per heavy atom. The van der Waals surface area contributed by atoms with Crippen molar-refractivity contribution >= 4 is 27.7 Å². The lowest BCUT2D eigenvalue weighted by atomic mass is 10.2. The predicted octanol–water partition coefficient (Wildman–Crippen LogP) is 4.06. The Bertz CT molecular complexity index is 534. The van der Waals surface area contributed by atoms with Crippen molar-refractivity contribution in [1.29, 1.82) is 0 Å². The van der Waals surface area contributed by atoms with Gasteiger partial charge in [-0.2, -0.15) is 0 Å². The summed E-state index contributed by atoms with van der Waals surface area (Å²) in [5.74, 6) is 1.30. The fourth-order valence-corrected chi connectivity index (χ4v) is 2.24. The fourth-order valence-electron chi connectivity index (χ4n) is 1.29. The van der Waals surface area contributed by atoms with Crippen LogP contribution in [0.2, 0.25) is 0 Å². The van der Waals surface area contributed by atoms with Gasteiger partial charge in [0.1, 0.15) is 17.1 Å². The van der Waals surface area contributed by atoms with Gasteiger partial charge in [-0.1, -0.05) is 6.07 Å². The lowest BCUT2D eigenvalue weighted by Crippen LogP contribution is -1.91. The second kappa shape index (κ2) is 5.51. The molecule has 0 aliphatic carbocycles. The van der Waals surface area contributed by atoms with Gasteiger partial charge in [0.25, 0.3) is 0 Å². The highest BCUT2D eigenvalue weighted by molar-refractivity contribution is 9.10. The molecule has 2 aromatic rings. The topological polar surface area (TPSA) is 35.0 Å². The molecule has 0 unspecified atom stereocenters. The van der Waals surface area contributed by atoms with Crippen molar-refractivity contribution in [3.05, 3.63) is 40.6 Å². The quantitative estimate of drug-likeness (QED) is 0.632. The van der Waals surface area contributed by atoms with Gasteiger partial charge in [0.15, 0.2) is 0 Å². The van der Waals surface area contributed by atoms with Gasteiger partial charge in [-0.3, -0.25) is 0 Å². The number of benzene rings is 1. The van der Waals surface area contributed by atoms with E-state index in [0.717, 1.165) is 15.2 Å². The molecular formula is C12H11BrN2OS. The summed E-state index contributed by atoms with van der Waals surface area (Å²) in [6, 6.07) is 7.74. The Balaban J connectivity index is 2.25. The molecule has 0 saturated heterocycles. The van der Waals surface area contributed by atoms with E-state index < -0.39 is 0 Å². The molecule has 0 atom stereocenters. The molecule has 0 radical (unpaired) electrons. The molecule has 0 spiro atoms. The standard InChI is InChI=1S/C12H11BrN2OS/c1-8-3-4-10(9(13)5-8)16-11-6-12(17-2)15-7-14-11/h3-7H,1-2H3. The highest BCUT2D eigenvalue weighted by Crippen LogP contribution is 2.30. The first-order chi connectivity index (χ1) is 8.19. The Morgan fingerprint density at radius 1 is 1.24 bits per heavy atom. The Morgan fingerprint density at radius 2 is 2.06 bits per heavy atom. The maximum absolute atomic E-state index is 5.70. The van der Waals surface area contributed by atoms with Gasteiger partial charge in [-0.05, 0) is 46.8 Å². The molecule has 0 aliphatic rings. The van der Waals surface area contributed by atoms with Gasteiger partial charge >= 0.3 is 0 Å². The number of hydrogen-bond donors (Lipinski definition) is 0. The lowest BCUT2D eigenvalue weighted by Gasteiger charge is -2.07. The molecule has 2 rings (SSSR count). The zero-order valence-electron chi connectivity index (χ0n) is 9.48. The molecule has 0 fully saturated rings. The number of rotatable bonds is 3. The zero-order chi connectivity index (χ0) is 12.3. The minimum atomic E-state index is 0.550. The smallest absolute Gasteiger partial charge is 0.223 e. The summed E-state index contributed by atoms with van der Waals surface area (Å²) < 4.78 is 6.61. The van der Waals surface area contributed by atoms with Gasteiger partial charge in [-0.25, -0.2) is 9.97 Å². The number of thioether (sulfide) groups is 1. The number of hydrogen-bond acceptors (Lipinski definition) is 4. The molecule has 1 aromatic heterocycles. The predicted molar refractivity (Wildman–Crippen MR) is 72.8 cm³/mol. The summed E-state index contributed by atoms with van der Waals surface area (Å²) in [5, 5.41) is 0.887. The van der Waals surface area contributed by atoms with Crippen molar-refractivity contribution in [1.82, 2.24) is 9.97 Å². The molecular weight excluding hydrogens is 300 g/mol. The maximum Gasteiger partial charge on any atom is 0.223 e. The molecule has 0 bridgehead atoms.